The minimum Gasteiger partial charge on any atom is -0.455 e. The average Bonchev–Trinajstić information content (AvgIpc) is 3.03. The first-order valence-corrected chi connectivity index (χ1v) is 8.88. The van der Waals surface area contributed by atoms with Gasteiger partial charge < -0.3 is 10.1 Å². The molecule has 9 nitrogen and oxygen atoms in total. The van der Waals surface area contributed by atoms with Crippen molar-refractivity contribution in [3.63, 3.8) is 0 Å². The maximum absolute atomic E-state index is 11.8. The number of benzene rings is 1. The summed E-state index contributed by atoms with van der Waals surface area (Å²) in [6, 6.07) is 8.21. The van der Waals surface area contributed by atoms with Crippen LogP contribution in [-0.2, 0) is 24.3 Å². The predicted octanol–water partition coefficient (Wildman–Crippen LogP) is -0.328. The van der Waals surface area contributed by atoms with Gasteiger partial charge in [-0.15, -0.1) is 0 Å². The molecule has 0 atom stereocenters. The Bertz CT molecular complexity index is 776. The molecule has 1 aromatic rings. The zero-order valence-electron chi connectivity index (χ0n) is 13.2. The van der Waals surface area contributed by atoms with Crippen LogP contribution in [0.2, 0.25) is 0 Å². The first-order chi connectivity index (χ1) is 11.9. The van der Waals surface area contributed by atoms with Gasteiger partial charge in [0.25, 0.3) is 5.91 Å². The molecular weight excluding hydrogens is 350 g/mol. The van der Waals surface area contributed by atoms with Crippen LogP contribution < -0.4 is 10.0 Å². The zero-order valence-corrected chi connectivity index (χ0v) is 14.0. The van der Waals surface area contributed by atoms with Crippen molar-refractivity contribution in [1.82, 2.24) is 14.9 Å². The second kappa shape index (κ2) is 8.40. The van der Waals surface area contributed by atoms with Crippen LogP contribution in [0.4, 0.5) is 4.79 Å². The molecule has 1 saturated heterocycles. The van der Waals surface area contributed by atoms with Crippen LogP contribution in [-0.4, -0.2) is 57.5 Å². The molecule has 1 aliphatic heterocycles. The van der Waals surface area contributed by atoms with Crippen molar-refractivity contribution in [3.8, 4) is 0 Å². The van der Waals surface area contributed by atoms with Gasteiger partial charge in [-0.1, -0.05) is 30.3 Å². The molecule has 0 spiro atoms. The minimum absolute atomic E-state index is 0.201. The van der Waals surface area contributed by atoms with Gasteiger partial charge in [-0.3, -0.25) is 14.5 Å². The minimum atomic E-state index is -3.83. The molecule has 2 N–H and O–H groups in total. The predicted molar refractivity (Wildman–Crippen MR) is 88.5 cm³/mol. The molecule has 0 unspecified atom stereocenters. The third-order valence-electron chi connectivity index (χ3n) is 3.17. The number of esters is 1. The number of nitrogens with zero attached hydrogens (tertiary/aromatic N) is 1. The number of nitrogens with one attached hydrogen (secondary N) is 2. The fourth-order valence-electron chi connectivity index (χ4n) is 1.92. The molecule has 25 heavy (non-hydrogen) atoms. The smallest absolute Gasteiger partial charge is 0.324 e. The highest BCUT2D eigenvalue weighted by Crippen LogP contribution is 2.02. The molecule has 1 heterocycles. The maximum atomic E-state index is 11.8. The van der Waals surface area contributed by atoms with Gasteiger partial charge in [-0.2, -0.15) is 0 Å². The van der Waals surface area contributed by atoms with Gasteiger partial charge in [0, 0.05) is 18.5 Å². The lowest BCUT2D eigenvalue weighted by molar-refractivity contribution is -0.149. The van der Waals surface area contributed by atoms with Gasteiger partial charge in [0.15, 0.2) is 6.61 Å². The summed E-state index contributed by atoms with van der Waals surface area (Å²) in [5.74, 6) is -1.60. The summed E-state index contributed by atoms with van der Waals surface area (Å²) >= 11 is 0. The quantitative estimate of drug-likeness (QED) is 0.637. The maximum Gasteiger partial charge on any atom is 0.324 e. The van der Waals surface area contributed by atoms with E-state index in [-0.39, 0.29) is 6.54 Å². The summed E-state index contributed by atoms with van der Waals surface area (Å²) < 4.78 is 30.2. The molecule has 2 rings (SSSR count). The molecule has 1 fully saturated rings. The number of carbonyl (C=O) groups excluding carboxylic acids is 3. The van der Waals surface area contributed by atoms with Crippen LogP contribution in [0.3, 0.4) is 0 Å². The van der Waals surface area contributed by atoms with Crippen LogP contribution in [0.5, 0.6) is 0 Å². The van der Waals surface area contributed by atoms with E-state index in [1.165, 1.54) is 6.08 Å². The monoisotopic (exact) mass is 367 g/mol. The van der Waals surface area contributed by atoms with Crippen LogP contribution >= 0.6 is 0 Å². The number of amides is 3. The summed E-state index contributed by atoms with van der Waals surface area (Å²) in [5, 5.41) is 3.36. The lowest BCUT2D eigenvalue weighted by Crippen LogP contribution is -2.38. The lowest BCUT2D eigenvalue weighted by atomic mass is 10.2. The molecule has 0 saturated carbocycles. The van der Waals surface area contributed by atoms with Crippen LogP contribution in [0.1, 0.15) is 5.56 Å². The van der Waals surface area contributed by atoms with Gasteiger partial charge in [-0.25, -0.2) is 17.9 Å². The van der Waals surface area contributed by atoms with Crippen LogP contribution in [0.15, 0.2) is 35.7 Å². The molecule has 1 aromatic carbocycles. The Kier molecular flexibility index (Phi) is 6.25. The standard InChI is InChI=1S/C15H17N3O6S/c19-13(18-8-7-16-15(18)21)11-24-14(20)10-17-25(22,23)9-6-12-4-2-1-3-5-12/h1-6,9,17H,7-8,10-11H2,(H,16,21)/b9-6+. The van der Waals surface area contributed by atoms with Crippen molar-refractivity contribution >= 4 is 34.0 Å². The van der Waals surface area contributed by atoms with E-state index >= 15 is 0 Å². The SMILES string of the molecule is O=C(CNS(=O)(=O)/C=C/c1ccccc1)OCC(=O)N1CCNC1=O. The molecular formula is C15H17N3O6S. The Balaban J connectivity index is 1.76. The Morgan fingerprint density at radius 1 is 1.28 bits per heavy atom. The molecule has 134 valence electrons. The van der Waals surface area contributed by atoms with Crippen molar-refractivity contribution < 1.29 is 27.5 Å². The summed E-state index contributed by atoms with van der Waals surface area (Å²) in [6.45, 7) is -0.715. The topological polar surface area (TPSA) is 122 Å². The van der Waals surface area contributed by atoms with Crippen molar-refractivity contribution in [2.24, 2.45) is 0 Å². The fraction of sp³-hybridized carbons (Fsp3) is 0.267. The zero-order chi connectivity index (χ0) is 18.3. The highest BCUT2D eigenvalue weighted by Gasteiger charge is 2.26. The summed E-state index contributed by atoms with van der Waals surface area (Å²) in [4.78, 5) is 35.4. The van der Waals surface area contributed by atoms with E-state index in [1.807, 2.05) is 4.72 Å². The average molecular weight is 367 g/mol. The number of hydrogen-bond donors (Lipinski definition) is 2. The second-order valence-corrected chi connectivity index (χ2v) is 6.67. The van der Waals surface area contributed by atoms with Gasteiger partial charge in [0.05, 0.1) is 0 Å². The van der Waals surface area contributed by atoms with Gasteiger partial charge in [0.2, 0.25) is 10.0 Å². The summed E-state index contributed by atoms with van der Waals surface area (Å²) in [7, 11) is -3.83. The third-order valence-corrected chi connectivity index (χ3v) is 4.21. The van der Waals surface area contributed by atoms with Crippen molar-refractivity contribution in [2.75, 3.05) is 26.2 Å². The fourth-order valence-corrected chi connectivity index (χ4v) is 2.67. The Morgan fingerprint density at radius 2 is 2.00 bits per heavy atom. The number of imide groups is 1. The summed E-state index contributed by atoms with van der Waals surface area (Å²) in [5.41, 5.74) is 0.685. The Hall–Kier alpha value is -2.72. The van der Waals surface area contributed by atoms with E-state index in [0.29, 0.717) is 12.1 Å². The van der Waals surface area contributed by atoms with Crippen LogP contribution in [0, 0.1) is 0 Å². The largest absolute Gasteiger partial charge is 0.455 e. The highest BCUT2D eigenvalue weighted by atomic mass is 32.2. The molecule has 0 bridgehead atoms. The lowest BCUT2D eigenvalue weighted by Gasteiger charge is -2.12. The number of carbonyl (C=O) groups is 3. The summed E-state index contributed by atoms with van der Waals surface area (Å²) in [6.07, 6.45) is 1.38. The second-order valence-electron chi connectivity index (χ2n) is 5.02. The molecule has 0 radical (unpaired) electrons. The molecule has 0 aromatic heterocycles. The Morgan fingerprint density at radius 3 is 2.64 bits per heavy atom. The Labute approximate surface area is 144 Å². The van der Waals surface area contributed by atoms with Crippen molar-refractivity contribution in [2.45, 2.75) is 0 Å². The van der Waals surface area contributed by atoms with Gasteiger partial charge in [0.1, 0.15) is 6.54 Å². The molecule has 10 heteroatoms. The number of hydrogen-bond acceptors (Lipinski definition) is 6. The molecule has 1 aliphatic rings. The van der Waals surface area contributed by atoms with E-state index in [9.17, 15) is 22.8 Å². The number of urea groups is 1. The number of ether oxygens (including phenoxy) is 1. The highest BCUT2D eigenvalue weighted by molar-refractivity contribution is 7.92. The van der Waals surface area contributed by atoms with E-state index in [1.54, 1.807) is 30.3 Å². The third kappa shape index (κ3) is 6.01. The van der Waals surface area contributed by atoms with E-state index in [4.69, 9.17) is 0 Å². The van der Waals surface area contributed by atoms with E-state index < -0.39 is 41.1 Å². The molecule has 0 aliphatic carbocycles. The number of rotatable bonds is 7. The van der Waals surface area contributed by atoms with Gasteiger partial charge >= 0.3 is 12.0 Å². The van der Waals surface area contributed by atoms with E-state index in [0.717, 1.165) is 10.3 Å². The van der Waals surface area contributed by atoms with Crippen LogP contribution in [0.25, 0.3) is 6.08 Å². The van der Waals surface area contributed by atoms with Crippen molar-refractivity contribution in [3.05, 3.63) is 41.3 Å². The number of sulfonamides is 1. The first-order valence-electron chi connectivity index (χ1n) is 7.34. The first kappa shape index (κ1) is 18.6. The van der Waals surface area contributed by atoms with E-state index in [2.05, 4.69) is 10.1 Å². The van der Waals surface area contributed by atoms with Gasteiger partial charge in [-0.05, 0) is 11.6 Å². The normalized spacial score (nSPS) is 14.6. The molecule has 3 amide bonds. The van der Waals surface area contributed by atoms with Crippen molar-refractivity contribution in [1.29, 1.82) is 0 Å².